The number of thiazole rings is 1. The second-order valence-electron chi connectivity index (χ2n) is 8.41. The largest absolute Gasteiger partial charge is 0.497 e. The fourth-order valence-electron chi connectivity index (χ4n) is 4.42. The predicted octanol–water partition coefficient (Wildman–Crippen LogP) is 1.08. The number of fused-ring (bicyclic) bond motifs is 2. The van der Waals surface area contributed by atoms with Crippen LogP contribution in [0.1, 0.15) is 16.4 Å². The molecule has 3 unspecified atom stereocenters. The lowest BCUT2D eigenvalue weighted by atomic mass is 9.83. The van der Waals surface area contributed by atoms with Crippen LogP contribution >= 0.6 is 23.1 Å². The third kappa shape index (κ3) is 4.68. The van der Waals surface area contributed by atoms with Gasteiger partial charge in [0.2, 0.25) is 27.7 Å². The Morgan fingerprint density at radius 1 is 1.08 bits per heavy atom. The summed E-state index contributed by atoms with van der Waals surface area (Å²) in [4.78, 5) is 51.2. The number of sulfonamides is 1. The molecule has 5 rings (SSSR count). The van der Waals surface area contributed by atoms with Crippen LogP contribution in [-0.4, -0.2) is 43.1 Å². The topological polar surface area (TPSA) is 167 Å². The van der Waals surface area contributed by atoms with Crippen LogP contribution in [0, 0.1) is 5.92 Å². The number of hydrogen-bond acceptors (Lipinski definition) is 9. The van der Waals surface area contributed by atoms with Crippen LogP contribution < -0.4 is 25.4 Å². The molecule has 11 nitrogen and oxygen atoms in total. The molecule has 2 aliphatic rings. The van der Waals surface area contributed by atoms with E-state index in [0.717, 1.165) is 28.7 Å². The van der Waals surface area contributed by atoms with Crippen LogP contribution in [0.5, 0.6) is 5.75 Å². The van der Waals surface area contributed by atoms with Gasteiger partial charge in [-0.2, -0.15) is 0 Å². The van der Waals surface area contributed by atoms with Gasteiger partial charge in [0.1, 0.15) is 17.5 Å². The zero-order valence-electron chi connectivity index (χ0n) is 19.2. The van der Waals surface area contributed by atoms with Crippen LogP contribution in [0.4, 0.5) is 5.69 Å². The van der Waals surface area contributed by atoms with Crippen molar-refractivity contribution in [1.29, 1.82) is 0 Å². The molecule has 0 bridgehead atoms. The van der Waals surface area contributed by atoms with E-state index < -0.39 is 49.7 Å². The molecule has 0 aliphatic carbocycles. The van der Waals surface area contributed by atoms with Gasteiger partial charge < -0.3 is 10.1 Å². The monoisotopic (exact) mass is 560 g/mol. The predicted molar refractivity (Wildman–Crippen MR) is 136 cm³/mol. The highest BCUT2D eigenvalue weighted by Crippen LogP contribution is 2.51. The molecule has 37 heavy (non-hydrogen) atoms. The number of carbonyl (C=O) groups excluding carboxylic acids is 3. The maximum absolute atomic E-state index is 13.0. The van der Waals surface area contributed by atoms with Gasteiger partial charge in [-0.25, -0.2) is 13.6 Å². The number of primary sulfonamides is 1. The van der Waals surface area contributed by atoms with Gasteiger partial charge in [-0.15, -0.1) is 0 Å². The summed E-state index contributed by atoms with van der Waals surface area (Å²) < 4.78 is 29.4. The standard InChI is InChI=1S/C23H20N4O7S3/c1-34-13-6-2-11(3-7-13)16-17-18(21(30)26-20(17)29)35-22-19(16)36-23(31)27(22)10-15(28)25-12-4-8-14(9-5-12)37(24,32)33/h2-9,16-18H,10H2,1H3,(H,25,28)(H2,24,32,33)(H,26,29,30). The summed E-state index contributed by atoms with van der Waals surface area (Å²) in [5.41, 5.74) is 1.06. The van der Waals surface area contributed by atoms with Gasteiger partial charge in [0, 0.05) is 16.5 Å². The highest BCUT2D eigenvalue weighted by atomic mass is 32.2. The lowest BCUT2D eigenvalue weighted by Crippen LogP contribution is -2.32. The number of hydrogen-bond donors (Lipinski definition) is 3. The van der Waals surface area contributed by atoms with Crippen molar-refractivity contribution in [3.05, 3.63) is 68.6 Å². The van der Waals surface area contributed by atoms with Gasteiger partial charge in [0.15, 0.2) is 0 Å². The van der Waals surface area contributed by atoms with E-state index in [1.807, 2.05) is 0 Å². The van der Waals surface area contributed by atoms with Crippen LogP contribution in [0.25, 0.3) is 0 Å². The van der Waals surface area contributed by atoms with Gasteiger partial charge in [-0.05, 0) is 42.0 Å². The van der Waals surface area contributed by atoms with Crippen LogP contribution in [0.3, 0.4) is 0 Å². The Kier molecular flexibility index (Phi) is 6.43. The Morgan fingerprint density at radius 3 is 2.38 bits per heavy atom. The summed E-state index contributed by atoms with van der Waals surface area (Å²) in [6.07, 6.45) is 0. The summed E-state index contributed by atoms with van der Waals surface area (Å²) >= 11 is 2.04. The lowest BCUT2D eigenvalue weighted by molar-refractivity contribution is -0.126. The van der Waals surface area contributed by atoms with Gasteiger partial charge in [-0.1, -0.05) is 35.2 Å². The molecule has 2 aromatic carbocycles. The quantitative estimate of drug-likeness (QED) is 0.377. The minimum absolute atomic E-state index is 0.103. The molecular formula is C23H20N4O7S3. The second-order valence-corrected chi connectivity index (χ2v) is 12.1. The first kappa shape index (κ1) is 25.2. The number of methoxy groups -OCH3 is 1. The first-order valence-corrected chi connectivity index (χ1v) is 14.1. The molecule has 0 radical (unpaired) electrons. The third-order valence-corrected chi connectivity index (χ3v) is 9.68. The van der Waals surface area contributed by atoms with Crippen molar-refractivity contribution in [3.63, 3.8) is 0 Å². The minimum Gasteiger partial charge on any atom is -0.497 e. The number of anilines is 1. The summed E-state index contributed by atoms with van der Waals surface area (Å²) in [6, 6.07) is 12.4. The molecule has 0 spiro atoms. The number of thioether (sulfide) groups is 1. The number of nitrogens with one attached hydrogen (secondary N) is 2. The van der Waals surface area contributed by atoms with Crippen molar-refractivity contribution in [2.75, 3.05) is 12.4 Å². The number of imide groups is 1. The first-order chi connectivity index (χ1) is 17.6. The maximum Gasteiger partial charge on any atom is 0.308 e. The number of aromatic nitrogens is 1. The van der Waals surface area contributed by atoms with Crippen molar-refractivity contribution in [2.45, 2.75) is 27.6 Å². The summed E-state index contributed by atoms with van der Waals surface area (Å²) in [6.45, 7) is -0.336. The highest BCUT2D eigenvalue weighted by molar-refractivity contribution is 8.00. The summed E-state index contributed by atoms with van der Waals surface area (Å²) in [5.74, 6) is -1.99. The Balaban J connectivity index is 1.47. The smallest absolute Gasteiger partial charge is 0.308 e. The molecular weight excluding hydrogens is 540 g/mol. The van der Waals surface area contributed by atoms with Gasteiger partial charge in [0.25, 0.3) is 0 Å². The fourth-order valence-corrected chi connectivity index (χ4v) is 7.67. The number of benzene rings is 2. The molecule has 2 aliphatic heterocycles. The normalized spacial score (nSPS) is 20.6. The zero-order valence-corrected chi connectivity index (χ0v) is 21.6. The van der Waals surface area contributed by atoms with Crippen molar-refractivity contribution in [1.82, 2.24) is 9.88 Å². The lowest BCUT2D eigenvalue weighted by Gasteiger charge is -2.30. The molecule has 3 amide bonds. The molecule has 3 aromatic rings. The number of amides is 3. The maximum atomic E-state index is 13.0. The van der Waals surface area contributed by atoms with Crippen molar-refractivity contribution < 1.29 is 27.5 Å². The van der Waals surface area contributed by atoms with Crippen molar-refractivity contribution >= 4 is 56.5 Å². The highest BCUT2D eigenvalue weighted by Gasteiger charge is 2.52. The number of ether oxygens (including phenoxy) is 1. The van der Waals surface area contributed by atoms with E-state index in [1.54, 1.807) is 24.3 Å². The number of carbonyl (C=O) groups is 3. The number of nitrogens with two attached hydrogens (primary N) is 1. The van der Waals surface area contributed by atoms with Crippen LogP contribution in [0.15, 0.2) is 63.2 Å². The Labute approximate surface area is 219 Å². The third-order valence-electron chi connectivity index (χ3n) is 6.13. The Bertz CT molecular complexity index is 1580. The average Bonchev–Trinajstić information content (AvgIpc) is 3.32. The van der Waals surface area contributed by atoms with Crippen LogP contribution in [0.2, 0.25) is 0 Å². The Hall–Kier alpha value is -3.46. The van der Waals surface area contributed by atoms with Crippen molar-refractivity contribution in [3.8, 4) is 5.75 Å². The van der Waals surface area contributed by atoms with E-state index >= 15 is 0 Å². The minimum atomic E-state index is -3.88. The molecule has 1 saturated heterocycles. The number of rotatable bonds is 6. The summed E-state index contributed by atoms with van der Waals surface area (Å²) in [5, 5.41) is 9.82. The van der Waals surface area contributed by atoms with Gasteiger partial charge >= 0.3 is 4.87 Å². The van der Waals surface area contributed by atoms with E-state index in [9.17, 15) is 27.6 Å². The zero-order chi connectivity index (χ0) is 26.5. The van der Waals surface area contributed by atoms with Gasteiger partial charge in [-0.3, -0.25) is 29.1 Å². The molecule has 14 heteroatoms. The SMILES string of the molecule is COc1ccc(C2c3sc(=O)n(CC(=O)Nc4ccc(S(N)(=O)=O)cc4)c3SC3C(=O)NC(=O)C32)cc1. The molecule has 0 saturated carbocycles. The molecule has 1 aromatic heterocycles. The molecule has 3 heterocycles. The van der Waals surface area contributed by atoms with Crippen LogP contribution in [-0.2, 0) is 31.0 Å². The molecule has 192 valence electrons. The molecule has 1 fully saturated rings. The van der Waals surface area contributed by atoms with E-state index in [4.69, 9.17) is 9.88 Å². The number of nitrogens with zero attached hydrogens (tertiary/aromatic N) is 1. The van der Waals surface area contributed by atoms with Crippen molar-refractivity contribution in [2.24, 2.45) is 11.1 Å². The van der Waals surface area contributed by atoms with Gasteiger partial charge in [0.05, 0.1) is 22.9 Å². The fraction of sp³-hybridized carbons (Fsp3) is 0.217. The second kappa shape index (κ2) is 9.45. The summed E-state index contributed by atoms with van der Waals surface area (Å²) in [7, 11) is -2.34. The average molecular weight is 561 g/mol. The Morgan fingerprint density at radius 2 is 1.76 bits per heavy atom. The van der Waals surface area contributed by atoms with E-state index in [0.29, 0.717) is 21.3 Å². The van der Waals surface area contributed by atoms with E-state index in [-0.39, 0.29) is 11.4 Å². The first-order valence-electron chi connectivity index (χ1n) is 10.9. The molecule has 3 atom stereocenters. The van der Waals surface area contributed by atoms with E-state index in [2.05, 4.69) is 10.6 Å². The molecule has 4 N–H and O–H groups in total. The van der Waals surface area contributed by atoms with E-state index in [1.165, 1.54) is 35.9 Å².